The number of carbonyl (C=O) groups excluding carboxylic acids is 1. The van der Waals surface area contributed by atoms with Crippen molar-refractivity contribution >= 4 is 26.0 Å². The van der Waals surface area contributed by atoms with E-state index in [9.17, 15) is 21.6 Å². The maximum Gasteiger partial charge on any atom is 0.339 e. The molecule has 1 aliphatic rings. The first-order chi connectivity index (χ1) is 18.7. The van der Waals surface area contributed by atoms with Crippen molar-refractivity contribution in [1.82, 2.24) is 0 Å². The lowest BCUT2D eigenvalue weighted by Gasteiger charge is -2.13. The van der Waals surface area contributed by atoms with Crippen molar-refractivity contribution in [3.8, 4) is 22.6 Å². The summed E-state index contributed by atoms with van der Waals surface area (Å²) in [5.41, 5.74) is 6.00. The van der Waals surface area contributed by atoms with Gasteiger partial charge in [0.05, 0.1) is 0 Å². The van der Waals surface area contributed by atoms with E-state index in [0.717, 1.165) is 11.1 Å². The maximum absolute atomic E-state index is 13.4. The summed E-state index contributed by atoms with van der Waals surface area (Å²) in [7, 11) is -8.50. The van der Waals surface area contributed by atoms with E-state index in [4.69, 9.17) is 8.37 Å². The van der Waals surface area contributed by atoms with Crippen LogP contribution in [0.2, 0.25) is 0 Å². The molecule has 0 saturated heterocycles. The van der Waals surface area contributed by atoms with Crippen LogP contribution in [0.15, 0.2) is 70.5 Å². The Bertz CT molecular complexity index is 1770. The van der Waals surface area contributed by atoms with Crippen LogP contribution in [-0.2, 0) is 20.2 Å². The van der Waals surface area contributed by atoms with Gasteiger partial charge in [-0.1, -0.05) is 47.5 Å². The Kier molecular flexibility index (Phi) is 6.63. The van der Waals surface area contributed by atoms with E-state index < -0.39 is 26.0 Å². The van der Waals surface area contributed by atoms with Crippen molar-refractivity contribution in [2.75, 3.05) is 0 Å². The zero-order valence-corrected chi connectivity index (χ0v) is 24.6. The molecule has 0 atom stereocenters. The molecule has 0 saturated carbocycles. The van der Waals surface area contributed by atoms with Crippen LogP contribution < -0.4 is 8.37 Å². The first kappa shape index (κ1) is 27.6. The topological polar surface area (TPSA) is 104 Å². The van der Waals surface area contributed by atoms with E-state index in [1.165, 1.54) is 36.4 Å². The fraction of sp³-hybridized carbons (Fsp3) is 0.194. The summed E-state index contributed by atoms with van der Waals surface area (Å²) in [4.78, 5) is 13.0. The van der Waals surface area contributed by atoms with Crippen molar-refractivity contribution in [1.29, 1.82) is 0 Å². The summed E-state index contributed by atoms with van der Waals surface area (Å²) in [6.45, 7) is 10.9. The molecule has 1 aliphatic carbocycles. The third-order valence-electron chi connectivity index (χ3n) is 6.93. The van der Waals surface area contributed by atoms with Crippen LogP contribution in [-0.4, -0.2) is 22.6 Å². The van der Waals surface area contributed by atoms with Gasteiger partial charge >= 0.3 is 20.2 Å². The van der Waals surface area contributed by atoms with Crippen LogP contribution >= 0.6 is 0 Å². The Morgan fingerprint density at radius 3 is 1.12 bits per heavy atom. The van der Waals surface area contributed by atoms with Crippen LogP contribution in [0.3, 0.4) is 0 Å². The Balaban J connectivity index is 1.48. The van der Waals surface area contributed by atoms with Gasteiger partial charge in [0.25, 0.3) is 0 Å². The van der Waals surface area contributed by atoms with E-state index >= 15 is 0 Å². The highest BCUT2D eigenvalue weighted by molar-refractivity contribution is 7.87. The molecular formula is C31H28O7S2. The molecule has 0 radical (unpaired) electrons. The molecule has 0 spiro atoms. The number of aryl methyl sites for hydroxylation is 6. The monoisotopic (exact) mass is 576 g/mol. The number of carbonyl (C=O) groups is 1. The Labute approximate surface area is 234 Å². The van der Waals surface area contributed by atoms with E-state index in [2.05, 4.69) is 0 Å². The SMILES string of the molecule is Cc1cc(C)c(OS(=O)(=O)c2ccc3c(c2)C(=O)c2cc(S(=O)(=O)Oc4c(C)cc(C)cc4C)ccc2-3)c(C)c1. The van der Waals surface area contributed by atoms with Gasteiger partial charge in [-0.3, -0.25) is 4.79 Å². The Morgan fingerprint density at radius 1 is 0.475 bits per heavy atom. The third kappa shape index (κ3) is 4.80. The molecular weight excluding hydrogens is 548 g/mol. The Hall–Kier alpha value is -3.95. The largest absolute Gasteiger partial charge is 0.378 e. The second-order valence-electron chi connectivity index (χ2n) is 10.3. The molecule has 0 heterocycles. The van der Waals surface area contributed by atoms with Crippen molar-refractivity contribution in [2.24, 2.45) is 0 Å². The fourth-order valence-corrected chi connectivity index (χ4v) is 7.41. The molecule has 0 aliphatic heterocycles. The second kappa shape index (κ2) is 9.60. The highest BCUT2D eigenvalue weighted by Crippen LogP contribution is 2.40. The zero-order valence-electron chi connectivity index (χ0n) is 22.9. The van der Waals surface area contributed by atoms with E-state index in [0.29, 0.717) is 33.4 Å². The van der Waals surface area contributed by atoms with Gasteiger partial charge in [-0.2, -0.15) is 16.8 Å². The second-order valence-corrected chi connectivity index (χ2v) is 13.4. The van der Waals surface area contributed by atoms with Crippen LogP contribution in [0, 0.1) is 41.5 Å². The van der Waals surface area contributed by atoms with Gasteiger partial charge in [0.15, 0.2) is 5.78 Å². The van der Waals surface area contributed by atoms with Gasteiger partial charge in [0.2, 0.25) is 0 Å². The van der Waals surface area contributed by atoms with Gasteiger partial charge < -0.3 is 8.37 Å². The van der Waals surface area contributed by atoms with Crippen molar-refractivity contribution in [2.45, 2.75) is 51.3 Å². The van der Waals surface area contributed by atoms with E-state index in [1.807, 2.05) is 38.1 Å². The molecule has 0 aromatic heterocycles. The van der Waals surface area contributed by atoms with Crippen molar-refractivity contribution in [3.63, 3.8) is 0 Å². The summed E-state index contributed by atoms with van der Waals surface area (Å²) in [5, 5.41) is 0. The number of ketones is 1. The zero-order chi connectivity index (χ0) is 29.1. The van der Waals surface area contributed by atoms with Crippen LogP contribution in [0.25, 0.3) is 11.1 Å². The predicted octanol–water partition coefficient (Wildman–Crippen LogP) is 6.28. The first-order valence-corrected chi connectivity index (χ1v) is 15.4. The first-order valence-electron chi connectivity index (χ1n) is 12.6. The molecule has 4 aromatic rings. The number of hydrogen-bond donors (Lipinski definition) is 0. The number of fused-ring (bicyclic) bond motifs is 3. The van der Waals surface area contributed by atoms with Gasteiger partial charge in [-0.05, 0) is 99.2 Å². The maximum atomic E-state index is 13.4. The average Bonchev–Trinajstić information content (AvgIpc) is 3.14. The molecule has 0 fully saturated rings. The molecule has 0 unspecified atom stereocenters. The third-order valence-corrected chi connectivity index (χ3v) is 9.37. The minimum Gasteiger partial charge on any atom is -0.378 e. The van der Waals surface area contributed by atoms with Crippen molar-refractivity contribution < 1.29 is 30.0 Å². The Morgan fingerprint density at radius 2 is 0.800 bits per heavy atom. The normalized spacial score (nSPS) is 12.7. The summed E-state index contributed by atoms with van der Waals surface area (Å²) in [6.07, 6.45) is 0. The van der Waals surface area contributed by atoms with Gasteiger partial charge in [0, 0.05) is 11.1 Å². The molecule has 206 valence electrons. The van der Waals surface area contributed by atoms with E-state index in [-0.39, 0.29) is 32.4 Å². The minimum absolute atomic E-state index is 0.151. The molecule has 7 nitrogen and oxygen atoms in total. The summed E-state index contributed by atoms with van der Waals surface area (Å²) >= 11 is 0. The molecule has 40 heavy (non-hydrogen) atoms. The summed E-state index contributed by atoms with van der Waals surface area (Å²) < 4.78 is 63.7. The molecule has 0 N–H and O–H groups in total. The lowest BCUT2D eigenvalue weighted by atomic mass is 10.1. The molecule has 0 amide bonds. The quantitative estimate of drug-likeness (QED) is 0.219. The summed E-state index contributed by atoms with van der Waals surface area (Å²) in [6, 6.07) is 15.7. The molecule has 5 rings (SSSR count). The fourth-order valence-electron chi connectivity index (χ4n) is 5.26. The molecule has 0 bridgehead atoms. The smallest absolute Gasteiger partial charge is 0.339 e. The number of benzene rings is 4. The highest BCUT2D eigenvalue weighted by atomic mass is 32.2. The van der Waals surface area contributed by atoms with Crippen LogP contribution in [0.1, 0.15) is 49.3 Å². The van der Waals surface area contributed by atoms with Gasteiger partial charge in [-0.15, -0.1) is 0 Å². The highest BCUT2D eigenvalue weighted by Gasteiger charge is 2.32. The molecule has 4 aromatic carbocycles. The van der Waals surface area contributed by atoms with Crippen LogP contribution in [0.4, 0.5) is 0 Å². The predicted molar refractivity (Wildman–Crippen MR) is 152 cm³/mol. The van der Waals surface area contributed by atoms with E-state index in [1.54, 1.807) is 27.7 Å². The van der Waals surface area contributed by atoms with Gasteiger partial charge in [0.1, 0.15) is 21.3 Å². The standard InChI is InChI=1S/C31H28O7S2/c1-17-11-19(3)30(20(4)12-17)37-39(33,34)23-7-9-25-26-10-8-24(16-28(26)29(32)27(25)15-23)40(35,36)38-31-21(5)13-18(2)14-22(31)6/h7-16H,1-6H3. The molecule has 9 heteroatoms. The lowest BCUT2D eigenvalue weighted by molar-refractivity contribution is 0.104. The number of hydrogen-bond acceptors (Lipinski definition) is 7. The minimum atomic E-state index is -4.25. The van der Waals surface area contributed by atoms with Gasteiger partial charge in [-0.25, -0.2) is 0 Å². The average molecular weight is 577 g/mol. The summed E-state index contributed by atoms with van der Waals surface area (Å²) in [5.74, 6) is 0.00807. The van der Waals surface area contributed by atoms with Crippen molar-refractivity contribution in [3.05, 3.63) is 105 Å². The van der Waals surface area contributed by atoms with Crippen LogP contribution in [0.5, 0.6) is 11.5 Å². The lowest BCUT2D eigenvalue weighted by Crippen LogP contribution is -2.13. The number of rotatable bonds is 6.